The van der Waals surface area contributed by atoms with Crippen molar-refractivity contribution >= 4 is 5.97 Å². The molecular formula is C16H30O3. The molecule has 0 aromatic rings. The Kier molecular flexibility index (Phi) is 8.00. The van der Waals surface area contributed by atoms with Gasteiger partial charge in [0.1, 0.15) is 0 Å². The molecule has 3 atom stereocenters. The van der Waals surface area contributed by atoms with Crippen molar-refractivity contribution in [2.24, 2.45) is 11.3 Å². The van der Waals surface area contributed by atoms with E-state index in [1.807, 2.05) is 6.92 Å². The van der Waals surface area contributed by atoms with Crippen molar-refractivity contribution in [3.8, 4) is 0 Å². The summed E-state index contributed by atoms with van der Waals surface area (Å²) in [4.78, 5) is 11.8. The molecule has 112 valence electrons. The first-order valence-electron chi connectivity index (χ1n) is 7.17. The topological polar surface area (TPSA) is 46.5 Å². The van der Waals surface area contributed by atoms with E-state index in [1.165, 1.54) is 12.7 Å². The van der Waals surface area contributed by atoms with E-state index in [9.17, 15) is 9.90 Å². The molecule has 0 saturated heterocycles. The van der Waals surface area contributed by atoms with Crippen LogP contribution in [0.15, 0.2) is 11.6 Å². The first-order valence-corrected chi connectivity index (χ1v) is 7.17. The predicted molar refractivity (Wildman–Crippen MR) is 78.9 cm³/mol. The number of hydrogen-bond donors (Lipinski definition) is 1. The highest BCUT2D eigenvalue weighted by molar-refractivity contribution is 5.76. The Bertz CT molecular complexity index is 305. The van der Waals surface area contributed by atoms with Crippen LogP contribution in [0.4, 0.5) is 0 Å². The van der Waals surface area contributed by atoms with E-state index in [0.717, 1.165) is 12.8 Å². The summed E-state index contributed by atoms with van der Waals surface area (Å²) in [5.74, 6) is 0.0696. The van der Waals surface area contributed by atoms with Crippen LogP contribution in [0.5, 0.6) is 0 Å². The minimum atomic E-state index is -0.792. The zero-order chi connectivity index (χ0) is 15.1. The number of hydrogen-bond acceptors (Lipinski definition) is 3. The highest BCUT2D eigenvalue weighted by Crippen LogP contribution is 2.32. The number of ether oxygens (including phenoxy) is 1. The molecule has 0 amide bonds. The third-order valence-electron chi connectivity index (χ3n) is 3.96. The normalized spacial score (nSPS) is 17.2. The second-order valence-electron chi connectivity index (χ2n) is 5.98. The van der Waals surface area contributed by atoms with E-state index < -0.39 is 11.5 Å². The lowest BCUT2D eigenvalue weighted by atomic mass is 9.77. The Hall–Kier alpha value is -0.830. The van der Waals surface area contributed by atoms with Crippen LogP contribution in [0, 0.1) is 11.3 Å². The van der Waals surface area contributed by atoms with E-state index in [-0.39, 0.29) is 5.97 Å². The van der Waals surface area contributed by atoms with E-state index in [1.54, 1.807) is 6.92 Å². The summed E-state index contributed by atoms with van der Waals surface area (Å²) in [6.45, 7) is 9.99. The van der Waals surface area contributed by atoms with Crippen LogP contribution in [0.2, 0.25) is 0 Å². The van der Waals surface area contributed by atoms with Crippen molar-refractivity contribution in [2.75, 3.05) is 7.11 Å². The van der Waals surface area contributed by atoms with Crippen molar-refractivity contribution < 1.29 is 14.6 Å². The fourth-order valence-corrected chi connectivity index (χ4v) is 2.16. The van der Waals surface area contributed by atoms with Crippen molar-refractivity contribution in [3.05, 3.63) is 11.6 Å². The minimum Gasteiger partial charge on any atom is -0.469 e. The first-order chi connectivity index (χ1) is 8.77. The maximum Gasteiger partial charge on any atom is 0.314 e. The molecule has 0 bridgehead atoms. The van der Waals surface area contributed by atoms with E-state index >= 15 is 0 Å². The van der Waals surface area contributed by atoms with Gasteiger partial charge >= 0.3 is 5.97 Å². The molecule has 19 heavy (non-hydrogen) atoms. The molecule has 0 heterocycles. The maximum atomic E-state index is 11.8. The van der Waals surface area contributed by atoms with E-state index in [0.29, 0.717) is 18.8 Å². The lowest BCUT2D eigenvalue weighted by Crippen LogP contribution is -2.41. The largest absolute Gasteiger partial charge is 0.469 e. The summed E-state index contributed by atoms with van der Waals surface area (Å²) >= 11 is 0. The molecule has 0 unspecified atom stereocenters. The number of methoxy groups -OCH3 is 1. The third kappa shape index (κ3) is 5.77. The zero-order valence-electron chi connectivity index (χ0n) is 13.3. The third-order valence-corrected chi connectivity index (χ3v) is 3.96. The van der Waals surface area contributed by atoms with Gasteiger partial charge in [0.05, 0.1) is 18.6 Å². The van der Waals surface area contributed by atoms with Gasteiger partial charge in [-0.05, 0) is 52.4 Å². The zero-order valence-corrected chi connectivity index (χ0v) is 13.3. The van der Waals surface area contributed by atoms with Gasteiger partial charge in [-0.2, -0.15) is 0 Å². The average Bonchev–Trinajstić information content (AvgIpc) is 2.35. The summed E-state index contributed by atoms with van der Waals surface area (Å²) in [7, 11) is 1.38. The van der Waals surface area contributed by atoms with Gasteiger partial charge in [-0.3, -0.25) is 4.79 Å². The van der Waals surface area contributed by atoms with Gasteiger partial charge in [-0.15, -0.1) is 0 Å². The molecule has 0 aliphatic rings. The molecule has 0 fully saturated rings. The minimum absolute atomic E-state index is 0.320. The molecule has 0 aliphatic heterocycles. The SMILES string of the molecule is CC[C@@](C)(C(=O)OC)[C@H](O)C[C@H](C)CCC=C(C)C. The summed E-state index contributed by atoms with van der Waals surface area (Å²) in [5.41, 5.74) is 0.528. The molecule has 0 radical (unpaired) electrons. The van der Waals surface area contributed by atoms with Gasteiger partial charge in [0, 0.05) is 0 Å². The van der Waals surface area contributed by atoms with Crippen LogP contribution in [-0.4, -0.2) is 24.3 Å². The number of carbonyl (C=O) groups excluding carboxylic acids is 1. The quantitative estimate of drug-likeness (QED) is 0.540. The van der Waals surface area contributed by atoms with Crippen LogP contribution >= 0.6 is 0 Å². The smallest absolute Gasteiger partial charge is 0.314 e. The molecular weight excluding hydrogens is 240 g/mol. The van der Waals surface area contributed by atoms with Gasteiger partial charge in [0.15, 0.2) is 0 Å². The number of allylic oxidation sites excluding steroid dienone is 2. The van der Waals surface area contributed by atoms with Gasteiger partial charge in [0.2, 0.25) is 0 Å². The number of aliphatic hydroxyl groups is 1. The highest BCUT2D eigenvalue weighted by atomic mass is 16.5. The van der Waals surface area contributed by atoms with Gasteiger partial charge in [-0.25, -0.2) is 0 Å². The van der Waals surface area contributed by atoms with Crippen LogP contribution in [0.3, 0.4) is 0 Å². The maximum absolute atomic E-state index is 11.8. The molecule has 0 saturated carbocycles. The first kappa shape index (κ1) is 18.2. The summed E-state index contributed by atoms with van der Waals surface area (Å²) in [5, 5.41) is 10.3. The Balaban J connectivity index is 4.44. The second-order valence-corrected chi connectivity index (χ2v) is 5.98. The van der Waals surface area contributed by atoms with Crippen LogP contribution in [0.25, 0.3) is 0 Å². The number of rotatable bonds is 8. The summed E-state index contributed by atoms with van der Waals surface area (Å²) in [6, 6.07) is 0. The van der Waals surface area contributed by atoms with Crippen LogP contribution in [-0.2, 0) is 9.53 Å². The Morgan fingerprint density at radius 2 is 2.00 bits per heavy atom. The number of aliphatic hydroxyl groups excluding tert-OH is 1. The highest BCUT2D eigenvalue weighted by Gasteiger charge is 2.40. The van der Waals surface area contributed by atoms with Crippen LogP contribution in [0.1, 0.15) is 60.3 Å². The molecule has 0 aromatic heterocycles. The van der Waals surface area contributed by atoms with Crippen molar-refractivity contribution in [3.63, 3.8) is 0 Å². The molecule has 3 heteroatoms. The number of carbonyl (C=O) groups is 1. The molecule has 3 nitrogen and oxygen atoms in total. The van der Waals surface area contributed by atoms with Gasteiger partial charge < -0.3 is 9.84 Å². The Labute approximate surface area is 118 Å². The molecule has 1 N–H and O–H groups in total. The average molecular weight is 270 g/mol. The predicted octanol–water partition coefficient (Wildman–Crippen LogP) is 3.71. The van der Waals surface area contributed by atoms with Crippen molar-refractivity contribution in [1.29, 1.82) is 0 Å². The monoisotopic (exact) mass is 270 g/mol. The fraction of sp³-hybridized carbons (Fsp3) is 0.812. The van der Waals surface area contributed by atoms with Crippen molar-refractivity contribution in [2.45, 2.75) is 66.4 Å². The molecule has 0 rings (SSSR count). The molecule has 0 aliphatic carbocycles. The van der Waals surface area contributed by atoms with Gasteiger partial charge in [0.25, 0.3) is 0 Å². The fourth-order valence-electron chi connectivity index (χ4n) is 2.16. The lowest BCUT2D eigenvalue weighted by Gasteiger charge is -2.32. The Morgan fingerprint density at radius 1 is 1.42 bits per heavy atom. The standard InChI is InChI=1S/C16H30O3/c1-7-16(5,15(18)19-6)14(17)11-13(4)10-8-9-12(2)3/h9,13-14,17H,7-8,10-11H2,1-6H3/t13-,14-,16-/m1/s1. The van der Waals surface area contributed by atoms with E-state index in [4.69, 9.17) is 4.74 Å². The molecule has 0 spiro atoms. The number of esters is 1. The van der Waals surface area contributed by atoms with Gasteiger partial charge in [-0.1, -0.05) is 25.5 Å². The lowest BCUT2D eigenvalue weighted by molar-refractivity contribution is -0.160. The summed E-state index contributed by atoms with van der Waals surface area (Å²) in [6.07, 6.45) is 4.84. The van der Waals surface area contributed by atoms with Crippen LogP contribution < -0.4 is 0 Å². The summed E-state index contributed by atoms with van der Waals surface area (Å²) < 4.78 is 4.81. The Morgan fingerprint density at radius 3 is 2.42 bits per heavy atom. The molecule has 0 aromatic carbocycles. The second kappa shape index (κ2) is 8.36. The van der Waals surface area contributed by atoms with Crippen molar-refractivity contribution in [1.82, 2.24) is 0 Å². The van der Waals surface area contributed by atoms with E-state index in [2.05, 4.69) is 26.8 Å².